The number of benzene rings is 1. The van der Waals surface area contributed by atoms with Crippen LogP contribution in [0.3, 0.4) is 0 Å². The maximum Gasteiger partial charge on any atom is 0.407 e. The van der Waals surface area contributed by atoms with E-state index < -0.39 is 10.5 Å². The Bertz CT molecular complexity index is 652. The van der Waals surface area contributed by atoms with Crippen molar-refractivity contribution < 1.29 is 14.5 Å². The molecule has 0 radical (unpaired) electrons. The number of rotatable bonds is 5. The van der Waals surface area contributed by atoms with Crippen LogP contribution in [0.5, 0.6) is 0 Å². The maximum atomic E-state index is 11.7. The number of nitrogens with zero attached hydrogens (tertiary/aromatic N) is 2. The zero-order chi connectivity index (χ0) is 19.3. The summed E-state index contributed by atoms with van der Waals surface area (Å²) in [6, 6.07) is 4.53. The number of non-ortho nitro benzene ring substituents is 1. The highest BCUT2D eigenvalue weighted by Crippen LogP contribution is 2.25. The average molecular weight is 384 g/mol. The van der Waals surface area contributed by atoms with Gasteiger partial charge in [-0.3, -0.25) is 15.0 Å². The molecule has 1 fully saturated rings. The van der Waals surface area contributed by atoms with E-state index in [1.807, 2.05) is 20.8 Å². The zero-order valence-corrected chi connectivity index (χ0v) is 16.2. The quantitative estimate of drug-likeness (QED) is 0.614. The third-order valence-electron chi connectivity index (χ3n) is 4.28. The minimum Gasteiger partial charge on any atom is -0.444 e. The summed E-state index contributed by atoms with van der Waals surface area (Å²) < 4.78 is 5.24. The molecule has 1 aliphatic rings. The van der Waals surface area contributed by atoms with E-state index in [4.69, 9.17) is 16.3 Å². The fraction of sp³-hybridized carbons (Fsp3) is 0.611. The fourth-order valence-corrected chi connectivity index (χ4v) is 3.10. The smallest absolute Gasteiger partial charge is 0.407 e. The van der Waals surface area contributed by atoms with Crippen molar-refractivity contribution in [3.63, 3.8) is 0 Å². The van der Waals surface area contributed by atoms with Crippen molar-refractivity contribution in [2.75, 3.05) is 19.6 Å². The number of carbonyl (C=O) groups is 1. The molecule has 7 nitrogen and oxygen atoms in total. The lowest BCUT2D eigenvalue weighted by Gasteiger charge is -2.32. The number of carbonyl (C=O) groups excluding carboxylic acids is 1. The predicted molar refractivity (Wildman–Crippen MR) is 100 cm³/mol. The molecule has 26 heavy (non-hydrogen) atoms. The summed E-state index contributed by atoms with van der Waals surface area (Å²) in [5, 5.41) is 14.3. The first-order valence-corrected chi connectivity index (χ1v) is 9.14. The Kier molecular flexibility index (Phi) is 6.83. The summed E-state index contributed by atoms with van der Waals surface area (Å²) >= 11 is 6.18. The first-order valence-electron chi connectivity index (χ1n) is 8.76. The average Bonchev–Trinajstić information content (AvgIpc) is 2.54. The van der Waals surface area contributed by atoms with E-state index in [0.29, 0.717) is 24.0 Å². The highest BCUT2D eigenvalue weighted by Gasteiger charge is 2.22. The van der Waals surface area contributed by atoms with Crippen molar-refractivity contribution in [3.05, 3.63) is 38.9 Å². The van der Waals surface area contributed by atoms with Crippen LogP contribution in [-0.4, -0.2) is 41.2 Å². The molecule has 0 spiro atoms. The minimum atomic E-state index is -0.495. The lowest BCUT2D eigenvalue weighted by Crippen LogP contribution is -2.40. The summed E-state index contributed by atoms with van der Waals surface area (Å²) in [6.45, 7) is 8.42. The minimum absolute atomic E-state index is 0.0563. The molecule has 0 atom stereocenters. The highest BCUT2D eigenvalue weighted by molar-refractivity contribution is 6.31. The monoisotopic (exact) mass is 383 g/mol. The first-order chi connectivity index (χ1) is 12.1. The predicted octanol–water partition coefficient (Wildman–Crippen LogP) is 3.98. The molecule has 1 aromatic carbocycles. The van der Waals surface area contributed by atoms with Gasteiger partial charge in [-0.15, -0.1) is 0 Å². The molecule has 1 heterocycles. The highest BCUT2D eigenvalue weighted by atomic mass is 35.5. The third-order valence-corrected chi connectivity index (χ3v) is 4.64. The van der Waals surface area contributed by atoms with E-state index in [0.717, 1.165) is 31.5 Å². The van der Waals surface area contributed by atoms with Crippen LogP contribution in [-0.2, 0) is 11.3 Å². The van der Waals surface area contributed by atoms with E-state index >= 15 is 0 Å². The molecule has 144 valence electrons. The van der Waals surface area contributed by atoms with E-state index in [1.165, 1.54) is 6.07 Å². The number of likely N-dealkylation sites (tertiary alicyclic amines) is 1. The SMILES string of the molecule is CC(C)(C)OC(=O)NCC1CCN(Cc2cc([N+](=O)[O-])ccc2Cl)CC1. The second kappa shape index (κ2) is 8.68. The molecule has 1 saturated heterocycles. The number of halogens is 1. The van der Waals surface area contributed by atoms with Crippen molar-refractivity contribution in [3.8, 4) is 0 Å². The van der Waals surface area contributed by atoms with Gasteiger partial charge in [0.25, 0.3) is 5.69 Å². The van der Waals surface area contributed by atoms with Gasteiger partial charge in [-0.2, -0.15) is 0 Å². The van der Waals surface area contributed by atoms with Gasteiger partial charge in [0, 0.05) is 30.2 Å². The number of hydrogen-bond acceptors (Lipinski definition) is 5. The second-order valence-electron chi connectivity index (χ2n) is 7.64. The molecule has 1 aliphatic heterocycles. The van der Waals surface area contributed by atoms with Crippen molar-refractivity contribution in [2.45, 2.75) is 45.8 Å². The Labute approximate surface area is 158 Å². The number of hydrogen-bond donors (Lipinski definition) is 1. The van der Waals surface area contributed by atoms with Crippen LogP contribution >= 0.6 is 11.6 Å². The van der Waals surface area contributed by atoms with Gasteiger partial charge in [0.1, 0.15) is 5.60 Å². The number of nitro groups is 1. The van der Waals surface area contributed by atoms with Crippen LogP contribution < -0.4 is 5.32 Å². The van der Waals surface area contributed by atoms with Crippen LogP contribution in [0.25, 0.3) is 0 Å². The van der Waals surface area contributed by atoms with E-state index in [1.54, 1.807) is 12.1 Å². The molecule has 0 unspecified atom stereocenters. The second-order valence-corrected chi connectivity index (χ2v) is 8.04. The third kappa shape index (κ3) is 6.46. The number of ether oxygens (including phenoxy) is 1. The Morgan fingerprint density at radius 3 is 2.62 bits per heavy atom. The van der Waals surface area contributed by atoms with Crippen LogP contribution in [0.2, 0.25) is 5.02 Å². The lowest BCUT2D eigenvalue weighted by atomic mass is 9.96. The molecule has 1 aromatic rings. The number of piperidine rings is 1. The van der Waals surface area contributed by atoms with Crippen LogP contribution in [0.1, 0.15) is 39.2 Å². The normalized spacial score (nSPS) is 16.3. The van der Waals surface area contributed by atoms with E-state index in [-0.39, 0.29) is 11.8 Å². The molecule has 0 saturated carbocycles. The Morgan fingerprint density at radius 1 is 1.38 bits per heavy atom. The molecule has 0 aliphatic carbocycles. The number of alkyl carbamates (subject to hydrolysis) is 1. The standard InChI is InChI=1S/C18H26ClN3O4/c1-18(2,3)26-17(23)20-11-13-6-8-21(9-7-13)12-14-10-15(22(24)25)4-5-16(14)19/h4-5,10,13H,6-9,11-12H2,1-3H3,(H,20,23). The maximum absolute atomic E-state index is 11.7. The van der Waals surface area contributed by atoms with Crippen LogP contribution in [0, 0.1) is 16.0 Å². The Morgan fingerprint density at radius 2 is 2.04 bits per heavy atom. The van der Waals surface area contributed by atoms with Crippen molar-refractivity contribution in [1.29, 1.82) is 0 Å². The largest absolute Gasteiger partial charge is 0.444 e. The summed E-state index contributed by atoms with van der Waals surface area (Å²) in [5.41, 5.74) is 0.331. The Hall–Kier alpha value is -1.86. The van der Waals surface area contributed by atoms with Crippen molar-refractivity contribution >= 4 is 23.4 Å². The topological polar surface area (TPSA) is 84.7 Å². The lowest BCUT2D eigenvalue weighted by molar-refractivity contribution is -0.384. The summed E-state index contributed by atoms with van der Waals surface area (Å²) in [5.74, 6) is 0.402. The van der Waals surface area contributed by atoms with Crippen LogP contribution in [0.4, 0.5) is 10.5 Å². The van der Waals surface area contributed by atoms with Crippen molar-refractivity contribution in [2.24, 2.45) is 5.92 Å². The number of nitrogens with one attached hydrogen (secondary N) is 1. The van der Waals surface area contributed by atoms with Gasteiger partial charge >= 0.3 is 6.09 Å². The van der Waals surface area contributed by atoms with E-state index in [9.17, 15) is 14.9 Å². The van der Waals surface area contributed by atoms with Gasteiger partial charge in [-0.05, 0) is 64.3 Å². The summed E-state index contributed by atoms with van der Waals surface area (Å²) in [4.78, 5) is 24.5. The molecular weight excluding hydrogens is 358 g/mol. The number of nitro benzene ring substituents is 1. The van der Waals surface area contributed by atoms with Gasteiger partial charge in [0.05, 0.1) is 4.92 Å². The number of amides is 1. The molecular formula is C18H26ClN3O4. The fourth-order valence-electron chi connectivity index (χ4n) is 2.93. The van der Waals surface area contributed by atoms with Gasteiger partial charge in [-0.25, -0.2) is 4.79 Å². The van der Waals surface area contributed by atoms with Gasteiger partial charge < -0.3 is 10.1 Å². The zero-order valence-electron chi connectivity index (χ0n) is 15.5. The Balaban J connectivity index is 1.79. The molecule has 2 rings (SSSR count). The first kappa shape index (κ1) is 20.5. The molecule has 1 amide bonds. The van der Waals surface area contributed by atoms with Gasteiger partial charge in [-0.1, -0.05) is 11.6 Å². The van der Waals surface area contributed by atoms with Crippen LogP contribution in [0.15, 0.2) is 18.2 Å². The van der Waals surface area contributed by atoms with Gasteiger partial charge in [0.2, 0.25) is 0 Å². The summed E-state index contributed by atoms with van der Waals surface area (Å²) in [6.07, 6.45) is 1.51. The molecule has 8 heteroatoms. The van der Waals surface area contributed by atoms with E-state index in [2.05, 4.69) is 10.2 Å². The molecule has 1 N–H and O–H groups in total. The van der Waals surface area contributed by atoms with Crippen molar-refractivity contribution in [1.82, 2.24) is 10.2 Å². The molecule has 0 aromatic heterocycles. The van der Waals surface area contributed by atoms with Gasteiger partial charge in [0.15, 0.2) is 0 Å². The summed E-state index contributed by atoms with van der Waals surface area (Å²) in [7, 11) is 0. The molecule has 0 bridgehead atoms.